The summed E-state index contributed by atoms with van der Waals surface area (Å²) in [5, 5.41) is 3.38. The summed E-state index contributed by atoms with van der Waals surface area (Å²) in [6.45, 7) is 5.27. The molecule has 6 nitrogen and oxygen atoms in total. The number of halogens is 1. The Morgan fingerprint density at radius 3 is 2.68 bits per heavy atom. The third-order valence-corrected chi connectivity index (χ3v) is 7.69. The molecule has 0 amide bonds. The molecule has 1 fully saturated rings. The lowest BCUT2D eigenvalue weighted by Gasteiger charge is -2.21. The smallest absolute Gasteiger partial charge is 0.240 e. The van der Waals surface area contributed by atoms with Crippen molar-refractivity contribution in [1.82, 2.24) is 14.9 Å². The number of guanidine groups is 1. The van der Waals surface area contributed by atoms with Crippen molar-refractivity contribution in [1.29, 1.82) is 0 Å². The zero-order valence-corrected chi connectivity index (χ0v) is 21.9. The number of rotatable bonds is 8. The quantitative estimate of drug-likeness (QED) is 0.217. The van der Waals surface area contributed by atoms with Gasteiger partial charge in [0.15, 0.2) is 5.96 Å². The summed E-state index contributed by atoms with van der Waals surface area (Å²) in [7, 11) is -2.03. The summed E-state index contributed by atoms with van der Waals surface area (Å²) in [6.07, 6.45) is 1.15. The third kappa shape index (κ3) is 7.65. The van der Waals surface area contributed by atoms with Crippen LogP contribution in [0.4, 0.5) is 0 Å². The Kier molecular flexibility index (Phi) is 10.6. The molecule has 0 spiro atoms. The highest BCUT2D eigenvalue weighted by Crippen LogP contribution is 2.26. The molecule has 0 aliphatic carbocycles. The first-order chi connectivity index (χ1) is 14.5. The fraction of sp³-hybridized carbons (Fsp3) is 0.409. The highest BCUT2D eigenvalue weighted by Gasteiger charge is 2.25. The van der Waals surface area contributed by atoms with Crippen LogP contribution in [0, 0.1) is 5.92 Å². The SMILES string of the molecule is CCNC(=NCc1cccc(S(=O)(=O)NC)c1)N1CCC(CSc2ccccc2)C1.I. The van der Waals surface area contributed by atoms with E-state index in [-0.39, 0.29) is 28.9 Å². The van der Waals surface area contributed by atoms with E-state index in [9.17, 15) is 8.42 Å². The summed E-state index contributed by atoms with van der Waals surface area (Å²) in [5.41, 5.74) is 0.872. The molecule has 3 rings (SSSR count). The number of hydrogen-bond acceptors (Lipinski definition) is 4. The van der Waals surface area contributed by atoms with Crippen molar-refractivity contribution in [3.8, 4) is 0 Å². The van der Waals surface area contributed by atoms with Gasteiger partial charge in [0, 0.05) is 30.3 Å². The van der Waals surface area contributed by atoms with Crippen LogP contribution >= 0.6 is 35.7 Å². The van der Waals surface area contributed by atoms with Crippen LogP contribution in [-0.4, -0.2) is 51.7 Å². The van der Waals surface area contributed by atoms with Crippen LogP contribution < -0.4 is 10.0 Å². The molecule has 1 aliphatic heterocycles. The van der Waals surface area contributed by atoms with E-state index in [1.54, 1.807) is 18.2 Å². The van der Waals surface area contributed by atoms with Crippen molar-refractivity contribution in [2.24, 2.45) is 10.9 Å². The summed E-state index contributed by atoms with van der Waals surface area (Å²) < 4.78 is 26.4. The molecular formula is C22H31IN4O2S2. The predicted octanol–water partition coefficient (Wildman–Crippen LogP) is 3.79. The molecule has 2 aromatic carbocycles. The van der Waals surface area contributed by atoms with E-state index in [4.69, 9.17) is 4.99 Å². The molecule has 0 aromatic heterocycles. The second-order valence-corrected chi connectivity index (χ2v) is 10.2. The Bertz CT molecular complexity index is 955. The Hall–Kier alpha value is -1.30. The van der Waals surface area contributed by atoms with Gasteiger partial charge in [0.1, 0.15) is 0 Å². The van der Waals surface area contributed by atoms with Gasteiger partial charge in [-0.2, -0.15) is 0 Å². The third-order valence-electron chi connectivity index (χ3n) is 5.04. The van der Waals surface area contributed by atoms with E-state index in [1.165, 1.54) is 11.9 Å². The first-order valence-electron chi connectivity index (χ1n) is 10.3. The van der Waals surface area contributed by atoms with Crippen molar-refractivity contribution in [3.05, 3.63) is 60.2 Å². The van der Waals surface area contributed by atoms with Gasteiger partial charge in [-0.25, -0.2) is 18.1 Å². The highest BCUT2D eigenvalue weighted by atomic mass is 127. The van der Waals surface area contributed by atoms with Crippen molar-refractivity contribution >= 4 is 51.7 Å². The average Bonchev–Trinajstić information content (AvgIpc) is 3.25. The Morgan fingerprint density at radius 1 is 1.19 bits per heavy atom. The maximum atomic E-state index is 12.0. The minimum Gasteiger partial charge on any atom is -0.357 e. The van der Waals surface area contributed by atoms with Gasteiger partial charge in [-0.15, -0.1) is 35.7 Å². The van der Waals surface area contributed by atoms with E-state index in [1.807, 2.05) is 23.9 Å². The minimum atomic E-state index is -3.45. The highest BCUT2D eigenvalue weighted by molar-refractivity contribution is 14.0. The average molecular weight is 575 g/mol. The normalized spacial score (nSPS) is 16.8. The van der Waals surface area contributed by atoms with Crippen LogP contribution in [0.3, 0.4) is 0 Å². The summed E-state index contributed by atoms with van der Waals surface area (Å²) in [5.74, 6) is 2.62. The molecule has 0 bridgehead atoms. The van der Waals surface area contributed by atoms with Crippen LogP contribution in [0.25, 0.3) is 0 Å². The molecule has 170 valence electrons. The van der Waals surface area contributed by atoms with Crippen molar-refractivity contribution in [2.45, 2.75) is 29.7 Å². The molecular weight excluding hydrogens is 543 g/mol. The number of thioether (sulfide) groups is 1. The van der Waals surface area contributed by atoms with Crippen LogP contribution in [0.5, 0.6) is 0 Å². The largest absolute Gasteiger partial charge is 0.357 e. The predicted molar refractivity (Wildman–Crippen MR) is 140 cm³/mol. The maximum absolute atomic E-state index is 12.0. The second kappa shape index (κ2) is 12.7. The molecule has 2 aromatic rings. The van der Waals surface area contributed by atoms with Crippen LogP contribution in [0.1, 0.15) is 18.9 Å². The van der Waals surface area contributed by atoms with Crippen LogP contribution in [0.2, 0.25) is 0 Å². The fourth-order valence-electron chi connectivity index (χ4n) is 3.41. The number of aliphatic imine (C=N–C) groups is 1. The summed E-state index contributed by atoms with van der Waals surface area (Å²) in [6, 6.07) is 17.5. The number of sulfonamides is 1. The molecule has 9 heteroatoms. The van der Waals surface area contributed by atoms with Crippen molar-refractivity contribution < 1.29 is 8.42 Å². The standard InChI is InChI=1S/C22H30N4O2S2.HI/c1-3-24-22(25-15-18-8-7-11-21(14-18)30(27,28)23-2)26-13-12-19(16-26)17-29-20-9-5-4-6-10-20;/h4-11,14,19,23H,3,12-13,15-17H2,1-2H3,(H,24,25);1H. The molecule has 1 atom stereocenters. The number of likely N-dealkylation sites (tertiary alicyclic amines) is 1. The lowest BCUT2D eigenvalue weighted by molar-refractivity contribution is 0.474. The zero-order chi connectivity index (χ0) is 21.4. The van der Waals surface area contributed by atoms with E-state index in [0.717, 1.165) is 43.3 Å². The van der Waals surface area contributed by atoms with Crippen molar-refractivity contribution in [2.75, 3.05) is 32.4 Å². The van der Waals surface area contributed by atoms with Gasteiger partial charge in [-0.1, -0.05) is 30.3 Å². The molecule has 1 heterocycles. The van der Waals surface area contributed by atoms with E-state index in [2.05, 4.69) is 46.1 Å². The van der Waals surface area contributed by atoms with Crippen molar-refractivity contribution in [3.63, 3.8) is 0 Å². The van der Waals surface area contributed by atoms with Gasteiger partial charge in [-0.05, 0) is 56.1 Å². The first-order valence-corrected chi connectivity index (χ1v) is 12.7. The number of nitrogens with zero attached hydrogens (tertiary/aromatic N) is 2. The molecule has 1 saturated heterocycles. The Balaban J connectivity index is 0.00000341. The van der Waals surface area contributed by atoms with E-state index >= 15 is 0 Å². The molecule has 1 unspecified atom stereocenters. The number of benzene rings is 2. The fourth-order valence-corrected chi connectivity index (χ4v) is 5.26. The molecule has 1 aliphatic rings. The summed E-state index contributed by atoms with van der Waals surface area (Å²) >= 11 is 1.91. The lowest BCUT2D eigenvalue weighted by Crippen LogP contribution is -2.40. The Labute approximate surface area is 207 Å². The zero-order valence-electron chi connectivity index (χ0n) is 18.0. The lowest BCUT2D eigenvalue weighted by atomic mass is 10.2. The minimum absolute atomic E-state index is 0. The van der Waals surface area contributed by atoms with Gasteiger partial charge in [0.25, 0.3) is 0 Å². The number of nitrogens with one attached hydrogen (secondary N) is 2. The van der Waals surface area contributed by atoms with Gasteiger partial charge in [-0.3, -0.25) is 0 Å². The summed E-state index contributed by atoms with van der Waals surface area (Å²) in [4.78, 5) is 8.67. The molecule has 2 N–H and O–H groups in total. The van der Waals surface area contributed by atoms with Gasteiger partial charge in [0.2, 0.25) is 10.0 Å². The topological polar surface area (TPSA) is 73.8 Å². The van der Waals surface area contributed by atoms with Crippen LogP contribution in [-0.2, 0) is 16.6 Å². The second-order valence-electron chi connectivity index (χ2n) is 7.25. The maximum Gasteiger partial charge on any atom is 0.240 e. The van der Waals surface area contributed by atoms with Gasteiger partial charge in [0.05, 0.1) is 11.4 Å². The first kappa shape index (κ1) is 26.0. The number of hydrogen-bond donors (Lipinski definition) is 2. The van der Waals surface area contributed by atoms with Gasteiger partial charge < -0.3 is 10.2 Å². The van der Waals surface area contributed by atoms with E-state index in [0.29, 0.717) is 12.5 Å². The Morgan fingerprint density at radius 2 is 1.97 bits per heavy atom. The molecule has 0 saturated carbocycles. The molecule has 31 heavy (non-hydrogen) atoms. The van der Waals surface area contributed by atoms with E-state index < -0.39 is 10.0 Å². The van der Waals surface area contributed by atoms with Gasteiger partial charge >= 0.3 is 0 Å². The molecule has 0 radical (unpaired) electrons. The monoisotopic (exact) mass is 574 g/mol. The van der Waals surface area contributed by atoms with Crippen LogP contribution in [0.15, 0.2) is 69.4 Å².